The normalized spacial score (nSPS) is 17.0. The highest BCUT2D eigenvalue weighted by molar-refractivity contribution is 9.10. The molecule has 0 aliphatic carbocycles. The highest BCUT2D eigenvalue weighted by atomic mass is 79.9. The molecule has 16 nitrogen and oxygen atoms in total. The van der Waals surface area contributed by atoms with E-state index in [1.807, 2.05) is 68.4 Å². The molecule has 0 fully saturated rings. The topological polar surface area (TPSA) is 212 Å². The van der Waals surface area contributed by atoms with E-state index in [2.05, 4.69) is 31.9 Å². The van der Waals surface area contributed by atoms with Gasteiger partial charge in [0.1, 0.15) is 18.7 Å². The van der Waals surface area contributed by atoms with Gasteiger partial charge in [0.2, 0.25) is 23.3 Å². The van der Waals surface area contributed by atoms with Crippen molar-refractivity contribution in [1.29, 1.82) is 0 Å². The van der Waals surface area contributed by atoms with Gasteiger partial charge in [-0.2, -0.15) is 0 Å². The lowest BCUT2D eigenvalue weighted by Crippen LogP contribution is -2.55. The summed E-state index contributed by atoms with van der Waals surface area (Å²) in [5.41, 5.74) is 0.756. The number of esters is 2. The maximum absolute atomic E-state index is 14.1. The summed E-state index contributed by atoms with van der Waals surface area (Å²) in [6, 6.07) is 16.6. The van der Waals surface area contributed by atoms with Crippen molar-refractivity contribution in [1.82, 2.24) is 30.4 Å². The van der Waals surface area contributed by atoms with Gasteiger partial charge in [-0.1, -0.05) is 93.4 Å². The Bertz CT molecular complexity index is 2730. The molecule has 0 saturated heterocycles. The van der Waals surface area contributed by atoms with Crippen molar-refractivity contribution in [2.75, 3.05) is 13.1 Å². The lowest BCUT2D eigenvalue weighted by atomic mass is 9.84. The van der Waals surface area contributed by atoms with Gasteiger partial charge in [0.25, 0.3) is 17.4 Å². The van der Waals surface area contributed by atoms with Crippen LogP contribution >= 0.6 is 15.9 Å². The van der Waals surface area contributed by atoms with Gasteiger partial charge in [0.15, 0.2) is 0 Å². The van der Waals surface area contributed by atoms with E-state index in [0.717, 1.165) is 31.4 Å². The van der Waals surface area contributed by atoms with Crippen LogP contribution in [0.1, 0.15) is 102 Å². The molecular weight excluding hydrogens is 936 g/mol. The van der Waals surface area contributed by atoms with E-state index in [0.29, 0.717) is 30.7 Å². The SMILES string of the molecule is CCC1(OC(=O)CC(C)(C)CNC(=O)C(CC(C)C)NC(=O)C(Cc2ccccc2)NC(=O)CCCCCN2C(=O)C=CC2=O)C(=O)OCc2c1cc1n(c2=O)Cc2cc3c(Br)cccc3nc2-1. The van der Waals surface area contributed by atoms with Gasteiger partial charge < -0.3 is 30.0 Å². The highest BCUT2D eigenvalue weighted by Crippen LogP contribution is 2.42. The van der Waals surface area contributed by atoms with E-state index in [1.165, 1.54) is 12.2 Å². The van der Waals surface area contributed by atoms with Crippen LogP contribution < -0.4 is 21.5 Å². The second-order valence-corrected chi connectivity index (χ2v) is 19.7. The van der Waals surface area contributed by atoms with Crippen LogP contribution in [0.3, 0.4) is 0 Å². The Morgan fingerprint density at radius 1 is 0.912 bits per heavy atom. The maximum atomic E-state index is 14.1. The number of hydrogen-bond acceptors (Lipinski definition) is 11. The number of rotatable bonds is 20. The largest absolute Gasteiger partial charge is 0.457 e. The Kier molecular flexibility index (Phi) is 15.1. The summed E-state index contributed by atoms with van der Waals surface area (Å²) in [4.78, 5) is 113. The molecule has 2 aromatic heterocycles. The monoisotopic (exact) mass is 992 g/mol. The number of hydrogen-bond donors (Lipinski definition) is 3. The Morgan fingerprint density at radius 3 is 2.35 bits per heavy atom. The number of cyclic esters (lactones) is 1. The number of halogens is 1. The van der Waals surface area contributed by atoms with E-state index in [1.54, 1.807) is 31.4 Å². The van der Waals surface area contributed by atoms with E-state index in [-0.39, 0.29) is 98.7 Å². The standard InChI is InChI=1S/C51H57BrN6O10/c1-6-51(35-25-40-45-32(24-33-36(52)16-13-17-37(33)55-45)27-58(40)48(65)34(35)28-67-49(51)66)68-44(62)26-50(4,5)29-53-46(63)38(22-30(2)3)56-47(64)39(23-31-14-9-7-10-15-31)54-41(59)18-11-8-12-21-57-42(60)19-20-43(57)61/h7,9-10,13-17,19-20,24-25,30,38-39H,6,8,11-12,18,21-23,26-29H2,1-5H3,(H,53,63)(H,54,59)(H,56,64). The van der Waals surface area contributed by atoms with E-state index in [9.17, 15) is 38.4 Å². The minimum Gasteiger partial charge on any atom is -0.457 e. The lowest BCUT2D eigenvalue weighted by molar-refractivity contribution is -0.190. The molecule has 5 amide bonds. The first-order chi connectivity index (χ1) is 32.4. The van der Waals surface area contributed by atoms with Crippen molar-refractivity contribution in [3.8, 4) is 11.4 Å². The Hall–Kier alpha value is -6.49. The highest BCUT2D eigenvalue weighted by Gasteiger charge is 2.51. The summed E-state index contributed by atoms with van der Waals surface area (Å²) in [6.45, 7) is 9.28. The third-order valence-electron chi connectivity index (χ3n) is 12.6. The molecule has 358 valence electrons. The second kappa shape index (κ2) is 20.8. The van der Waals surface area contributed by atoms with Crippen LogP contribution in [0.5, 0.6) is 0 Å². The number of nitrogens with zero attached hydrogens (tertiary/aromatic N) is 3. The molecule has 3 unspecified atom stereocenters. The number of unbranched alkanes of at least 4 members (excludes halogenated alkanes) is 2. The minimum atomic E-state index is -1.91. The fourth-order valence-electron chi connectivity index (χ4n) is 8.94. The lowest BCUT2D eigenvalue weighted by Gasteiger charge is -2.36. The smallest absolute Gasteiger partial charge is 0.355 e. The number of nitrogens with one attached hydrogen (secondary N) is 3. The summed E-state index contributed by atoms with van der Waals surface area (Å²) in [5, 5.41) is 9.52. The molecular formula is C51H57BrN6O10. The van der Waals surface area contributed by atoms with Gasteiger partial charge in [-0.05, 0) is 66.8 Å². The summed E-state index contributed by atoms with van der Waals surface area (Å²) >= 11 is 3.59. The Balaban J connectivity index is 0.993. The zero-order chi connectivity index (χ0) is 48.9. The fourth-order valence-corrected chi connectivity index (χ4v) is 9.41. The summed E-state index contributed by atoms with van der Waals surface area (Å²) in [7, 11) is 0. The first-order valence-electron chi connectivity index (χ1n) is 23.1. The Labute approximate surface area is 402 Å². The van der Waals surface area contributed by atoms with Crippen LogP contribution in [-0.4, -0.2) is 81.1 Å². The predicted molar refractivity (Wildman–Crippen MR) is 255 cm³/mol. The average molecular weight is 994 g/mol. The van der Waals surface area contributed by atoms with Crippen molar-refractivity contribution in [3.63, 3.8) is 0 Å². The molecule has 3 aliphatic heterocycles. The predicted octanol–water partition coefficient (Wildman–Crippen LogP) is 5.67. The number of fused-ring (bicyclic) bond motifs is 5. The molecule has 4 aromatic rings. The summed E-state index contributed by atoms with van der Waals surface area (Å²) in [6.07, 6.45) is 4.37. The molecule has 2 aromatic carbocycles. The number of carbonyl (C=O) groups is 7. The molecule has 3 atom stereocenters. The number of imide groups is 1. The van der Waals surface area contributed by atoms with Crippen LogP contribution in [-0.2, 0) is 68.2 Å². The zero-order valence-electron chi connectivity index (χ0n) is 38.9. The van der Waals surface area contributed by atoms with Crippen molar-refractivity contribution in [2.45, 2.75) is 117 Å². The molecule has 17 heteroatoms. The van der Waals surface area contributed by atoms with E-state index in [4.69, 9.17) is 14.5 Å². The maximum Gasteiger partial charge on any atom is 0.355 e. The first kappa shape index (κ1) is 49.4. The van der Waals surface area contributed by atoms with Crippen molar-refractivity contribution in [3.05, 3.63) is 110 Å². The average Bonchev–Trinajstić information content (AvgIpc) is 3.82. The third kappa shape index (κ3) is 10.9. The minimum absolute atomic E-state index is 0.00624. The molecule has 5 heterocycles. The van der Waals surface area contributed by atoms with E-state index >= 15 is 0 Å². The molecule has 3 N–H and O–H groups in total. The van der Waals surface area contributed by atoms with Gasteiger partial charge in [0, 0.05) is 59.1 Å². The number of aromatic nitrogens is 2. The Morgan fingerprint density at radius 2 is 1.65 bits per heavy atom. The van der Waals surface area contributed by atoms with Gasteiger partial charge in [-0.15, -0.1) is 0 Å². The van der Waals surface area contributed by atoms with Crippen molar-refractivity contribution < 1.29 is 43.0 Å². The molecule has 0 saturated carbocycles. The van der Waals surface area contributed by atoms with Crippen LogP contribution in [0.4, 0.5) is 0 Å². The second-order valence-electron chi connectivity index (χ2n) is 18.9. The quantitative estimate of drug-likeness (QED) is 0.0491. The first-order valence-corrected chi connectivity index (χ1v) is 23.9. The van der Waals surface area contributed by atoms with Crippen LogP contribution in [0.15, 0.2) is 82.1 Å². The van der Waals surface area contributed by atoms with Gasteiger partial charge in [-0.25, -0.2) is 9.78 Å². The summed E-state index contributed by atoms with van der Waals surface area (Å²) in [5.74, 6) is -3.63. The molecule has 3 aliphatic rings. The number of carbonyl (C=O) groups excluding carboxylic acids is 7. The van der Waals surface area contributed by atoms with E-state index < -0.39 is 46.9 Å². The van der Waals surface area contributed by atoms with Crippen LogP contribution in [0.2, 0.25) is 0 Å². The molecule has 68 heavy (non-hydrogen) atoms. The van der Waals surface area contributed by atoms with Crippen molar-refractivity contribution >= 4 is 68.3 Å². The molecule has 0 bridgehead atoms. The molecule has 7 rings (SSSR count). The number of amides is 5. The van der Waals surface area contributed by atoms with Gasteiger partial charge >= 0.3 is 11.9 Å². The van der Waals surface area contributed by atoms with Gasteiger partial charge in [0.05, 0.1) is 35.4 Å². The molecule has 0 spiro atoms. The number of benzene rings is 2. The summed E-state index contributed by atoms with van der Waals surface area (Å²) < 4.78 is 14.1. The zero-order valence-corrected chi connectivity index (χ0v) is 40.5. The number of ether oxygens (including phenoxy) is 2. The van der Waals surface area contributed by atoms with Crippen molar-refractivity contribution in [2.24, 2.45) is 11.3 Å². The third-order valence-corrected chi connectivity index (χ3v) is 13.3. The van der Waals surface area contributed by atoms with Crippen LogP contribution in [0.25, 0.3) is 22.3 Å². The molecule has 0 radical (unpaired) electrons. The number of pyridine rings is 2. The van der Waals surface area contributed by atoms with Crippen LogP contribution in [0, 0.1) is 11.3 Å². The van der Waals surface area contributed by atoms with Gasteiger partial charge in [-0.3, -0.25) is 38.5 Å². The fraction of sp³-hybridized carbons (Fsp3) is 0.431.